The summed E-state index contributed by atoms with van der Waals surface area (Å²) in [6.07, 6.45) is 1.77. The summed E-state index contributed by atoms with van der Waals surface area (Å²) in [6.45, 7) is 14.7. The first-order chi connectivity index (χ1) is 27.6. The Bertz CT molecular complexity index is 2200. The van der Waals surface area contributed by atoms with Crippen LogP contribution < -0.4 is 25.2 Å². The minimum atomic E-state index is -1.10. The van der Waals surface area contributed by atoms with Crippen molar-refractivity contribution in [1.82, 2.24) is 20.4 Å². The predicted molar refractivity (Wildman–Crippen MR) is 218 cm³/mol. The quantitative estimate of drug-likeness (QED) is 0.286. The molecule has 0 bridgehead atoms. The average Bonchev–Trinajstić information content (AvgIpc) is 3.67. The van der Waals surface area contributed by atoms with E-state index in [2.05, 4.69) is 59.1 Å². The molecule has 3 saturated heterocycles. The van der Waals surface area contributed by atoms with Crippen LogP contribution in [0, 0.1) is 28.1 Å². The van der Waals surface area contributed by atoms with Gasteiger partial charge in [0.05, 0.1) is 28.1 Å². The topological polar surface area (TPSA) is 155 Å². The van der Waals surface area contributed by atoms with Gasteiger partial charge in [-0.1, -0.05) is 39.3 Å². The number of hydrogen-bond donors (Lipinski definition) is 2. The molecule has 13 nitrogen and oxygen atoms in total. The van der Waals surface area contributed by atoms with Gasteiger partial charge < -0.3 is 19.9 Å². The molecule has 302 valence electrons. The highest BCUT2D eigenvalue weighted by molar-refractivity contribution is 6.31. The number of rotatable bonds is 9. The molecule has 2 N–H and O–H groups in total. The van der Waals surface area contributed by atoms with E-state index in [1.807, 2.05) is 30.3 Å². The van der Waals surface area contributed by atoms with Crippen molar-refractivity contribution >= 4 is 52.5 Å². The number of halogens is 1. The van der Waals surface area contributed by atoms with Crippen molar-refractivity contribution in [1.29, 1.82) is 5.26 Å². The number of anilines is 2. The molecule has 0 aromatic heterocycles. The predicted octanol–water partition coefficient (Wildman–Crippen LogP) is 4.87. The Hall–Kier alpha value is -5.45. The number of carbonyl (C=O) groups is 5. The smallest absolute Gasteiger partial charge is 0.262 e. The lowest BCUT2D eigenvalue weighted by Gasteiger charge is -2.63. The van der Waals surface area contributed by atoms with Crippen molar-refractivity contribution in [3.63, 3.8) is 0 Å². The first kappa shape index (κ1) is 39.4. The van der Waals surface area contributed by atoms with Crippen LogP contribution >= 0.6 is 11.6 Å². The zero-order valence-corrected chi connectivity index (χ0v) is 34.0. The van der Waals surface area contributed by atoms with Crippen molar-refractivity contribution in [2.75, 3.05) is 55.6 Å². The first-order valence-electron chi connectivity index (χ1n) is 20.0. The summed E-state index contributed by atoms with van der Waals surface area (Å²) < 4.78 is 6.38. The molecule has 8 rings (SSSR count). The van der Waals surface area contributed by atoms with E-state index in [4.69, 9.17) is 16.3 Å². The Morgan fingerprint density at radius 3 is 2.10 bits per heavy atom. The van der Waals surface area contributed by atoms with E-state index >= 15 is 0 Å². The molecule has 5 amide bonds. The summed E-state index contributed by atoms with van der Waals surface area (Å²) in [6, 6.07) is 19.1. The molecule has 1 aliphatic carbocycles. The van der Waals surface area contributed by atoms with Gasteiger partial charge in [0, 0.05) is 85.7 Å². The molecular weight excluding hydrogens is 758 g/mol. The molecule has 5 aliphatic rings. The number of piperidine rings is 1. The Balaban J connectivity index is 0.791. The lowest BCUT2D eigenvalue weighted by atomic mass is 9.49. The van der Waals surface area contributed by atoms with Gasteiger partial charge in [-0.25, -0.2) is 0 Å². The number of imide groups is 2. The zero-order valence-electron chi connectivity index (χ0n) is 33.2. The van der Waals surface area contributed by atoms with E-state index in [1.54, 1.807) is 30.3 Å². The Morgan fingerprint density at radius 1 is 0.845 bits per heavy atom. The van der Waals surface area contributed by atoms with Crippen LogP contribution in [0.15, 0.2) is 60.7 Å². The molecule has 58 heavy (non-hydrogen) atoms. The van der Waals surface area contributed by atoms with Crippen LogP contribution in [-0.4, -0.2) is 103 Å². The van der Waals surface area contributed by atoms with Crippen LogP contribution in [0.4, 0.5) is 11.4 Å². The summed E-state index contributed by atoms with van der Waals surface area (Å²) >= 11 is 6.25. The monoisotopic (exact) mass is 805 g/mol. The van der Waals surface area contributed by atoms with Gasteiger partial charge in [-0.15, -0.1) is 0 Å². The SMILES string of the molecule is CC1(C)C(NC(=O)c2ccc(N3CCC(CN4CCN(c5ccc6c(c5)C(=O)N([C@@H]5CC(=O)NC5=O)C6=O)CC4)CC3)cc2)C(C)(C)C1Oc1ccc(C#N)c(Cl)c1. The highest BCUT2D eigenvalue weighted by Gasteiger charge is 2.64. The summed E-state index contributed by atoms with van der Waals surface area (Å²) in [7, 11) is 0. The van der Waals surface area contributed by atoms with E-state index in [-0.39, 0.29) is 46.4 Å². The molecule has 3 aromatic rings. The molecule has 14 heteroatoms. The normalized spacial score (nSPS) is 24.3. The number of amides is 5. The maximum absolute atomic E-state index is 13.5. The van der Waals surface area contributed by atoms with Gasteiger partial charge in [0.15, 0.2) is 0 Å². The molecule has 4 heterocycles. The van der Waals surface area contributed by atoms with Gasteiger partial charge in [0.2, 0.25) is 11.8 Å². The molecule has 0 unspecified atom stereocenters. The van der Waals surface area contributed by atoms with E-state index in [9.17, 15) is 29.2 Å². The number of nitrogens with one attached hydrogen (secondary N) is 2. The molecule has 4 fully saturated rings. The van der Waals surface area contributed by atoms with Gasteiger partial charge in [-0.05, 0) is 73.4 Å². The largest absolute Gasteiger partial charge is 0.489 e. The Morgan fingerprint density at radius 2 is 1.48 bits per heavy atom. The average molecular weight is 806 g/mol. The fraction of sp³-hybridized carbons (Fsp3) is 0.455. The highest BCUT2D eigenvalue weighted by atomic mass is 35.5. The van der Waals surface area contributed by atoms with Gasteiger partial charge in [-0.2, -0.15) is 5.26 Å². The third-order valence-corrected chi connectivity index (χ3v) is 13.3. The Labute approximate surface area is 343 Å². The maximum atomic E-state index is 13.5. The van der Waals surface area contributed by atoms with Gasteiger partial charge >= 0.3 is 0 Å². The van der Waals surface area contributed by atoms with Crippen LogP contribution in [-0.2, 0) is 9.59 Å². The third kappa shape index (κ3) is 7.06. The zero-order chi connectivity index (χ0) is 41.1. The maximum Gasteiger partial charge on any atom is 0.262 e. The highest BCUT2D eigenvalue weighted by Crippen LogP contribution is 2.55. The number of carbonyl (C=O) groups excluding carboxylic acids is 5. The van der Waals surface area contributed by atoms with Crippen LogP contribution in [0.5, 0.6) is 5.75 Å². The van der Waals surface area contributed by atoms with E-state index in [1.165, 1.54) is 0 Å². The van der Waals surface area contributed by atoms with Crippen LogP contribution in [0.25, 0.3) is 0 Å². The molecule has 3 aromatic carbocycles. The number of fused-ring (bicyclic) bond motifs is 1. The molecule has 0 spiro atoms. The fourth-order valence-electron chi connectivity index (χ4n) is 10.0. The standard InChI is InChI=1S/C44H48ClN7O6/c1-43(2)41(44(3,4)42(43)58-31-11-7-28(24-46)34(45)22-31)48-37(54)27-5-8-29(9-6-27)50-15-13-26(14-16-50)25-49-17-19-51(20-18-49)30-10-12-32-33(21-30)40(57)52(39(32)56)35-23-36(53)47-38(35)55/h5-12,21-22,26,35,41-42H,13-20,23,25H2,1-4H3,(H,48,54)(H,47,53,55)/t35-,41?,42?/m1/s1. The summed E-state index contributed by atoms with van der Waals surface area (Å²) in [5, 5.41) is 15.0. The summed E-state index contributed by atoms with van der Waals surface area (Å²) in [5.74, 6) is -1.11. The van der Waals surface area contributed by atoms with Crippen molar-refractivity contribution in [2.24, 2.45) is 16.7 Å². The van der Waals surface area contributed by atoms with E-state index < -0.39 is 29.7 Å². The summed E-state index contributed by atoms with van der Waals surface area (Å²) in [5.41, 5.74) is 2.83. The second-order valence-corrected chi connectivity index (χ2v) is 17.8. The third-order valence-electron chi connectivity index (χ3n) is 13.0. The molecule has 1 atom stereocenters. The van der Waals surface area contributed by atoms with Crippen LogP contribution in [0.3, 0.4) is 0 Å². The van der Waals surface area contributed by atoms with Crippen LogP contribution in [0.2, 0.25) is 5.02 Å². The number of benzene rings is 3. The lowest BCUT2D eigenvalue weighted by molar-refractivity contribution is -0.164. The van der Waals surface area contributed by atoms with Crippen molar-refractivity contribution in [2.45, 2.75) is 65.1 Å². The Kier molecular flexibility index (Phi) is 10.2. The number of nitrogens with zero attached hydrogens (tertiary/aromatic N) is 5. The second-order valence-electron chi connectivity index (χ2n) is 17.4. The number of piperazine rings is 1. The molecule has 1 saturated carbocycles. The minimum absolute atomic E-state index is 0.115. The molecule has 0 radical (unpaired) electrons. The fourth-order valence-corrected chi connectivity index (χ4v) is 10.2. The minimum Gasteiger partial charge on any atom is -0.489 e. The number of ether oxygens (including phenoxy) is 1. The number of nitriles is 1. The van der Waals surface area contributed by atoms with Crippen LogP contribution in [0.1, 0.15) is 83.6 Å². The summed E-state index contributed by atoms with van der Waals surface area (Å²) in [4.78, 5) is 71.7. The van der Waals surface area contributed by atoms with Gasteiger partial charge in [0.25, 0.3) is 17.7 Å². The van der Waals surface area contributed by atoms with E-state index in [0.717, 1.165) is 74.9 Å². The molecular formula is C44H48ClN7O6. The lowest BCUT2D eigenvalue weighted by Crippen LogP contribution is -2.74. The van der Waals surface area contributed by atoms with Crippen molar-refractivity contribution < 1.29 is 28.7 Å². The molecule has 4 aliphatic heterocycles. The second kappa shape index (κ2) is 15.1. The number of hydrogen-bond acceptors (Lipinski definition) is 10. The van der Waals surface area contributed by atoms with Gasteiger partial charge in [0.1, 0.15) is 24.0 Å². The van der Waals surface area contributed by atoms with Gasteiger partial charge in [-0.3, -0.25) is 39.1 Å². The van der Waals surface area contributed by atoms with Crippen molar-refractivity contribution in [3.05, 3.63) is 87.9 Å². The first-order valence-corrected chi connectivity index (χ1v) is 20.4. The van der Waals surface area contributed by atoms with E-state index in [0.29, 0.717) is 27.8 Å². The van der Waals surface area contributed by atoms with Crippen molar-refractivity contribution in [3.8, 4) is 11.8 Å².